The zero-order chi connectivity index (χ0) is 15.9. The number of phenolic OH excluding ortho intramolecular Hbond substituents is 2. The summed E-state index contributed by atoms with van der Waals surface area (Å²) in [4.78, 5) is 23.0. The van der Waals surface area contributed by atoms with Gasteiger partial charge >= 0.3 is 11.9 Å². The molecule has 0 aromatic heterocycles. The van der Waals surface area contributed by atoms with Gasteiger partial charge in [-0.25, -0.2) is 9.59 Å². The predicted octanol–water partition coefficient (Wildman–Crippen LogP) is 2.17. The van der Waals surface area contributed by atoms with Crippen LogP contribution in [0.4, 0.5) is 0 Å². The van der Waals surface area contributed by atoms with Crippen LogP contribution >= 0.6 is 0 Å². The van der Waals surface area contributed by atoms with Gasteiger partial charge in [-0.3, -0.25) is 0 Å². The third-order valence-corrected chi connectivity index (χ3v) is 2.51. The van der Waals surface area contributed by atoms with Gasteiger partial charge in [-0.2, -0.15) is 0 Å². The molecule has 6 heteroatoms. The molecule has 0 bridgehead atoms. The number of hydrogen-bond donors (Lipinski definition) is 2. The number of ether oxygens (including phenoxy) is 2. The van der Waals surface area contributed by atoms with Gasteiger partial charge in [-0.05, 0) is 24.3 Å². The molecule has 0 aliphatic carbocycles. The van der Waals surface area contributed by atoms with Gasteiger partial charge < -0.3 is 19.7 Å². The Morgan fingerprint density at radius 2 is 1.09 bits per heavy atom. The highest BCUT2D eigenvalue weighted by molar-refractivity contribution is 5.93. The fourth-order valence-electron chi connectivity index (χ4n) is 1.51. The van der Waals surface area contributed by atoms with E-state index in [0.717, 1.165) is 12.2 Å². The molecule has 0 amide bonds. The smallest absolute Gasteiger partial charge is 0.336 e. The molecule has 2 aromatic carbocycles. The van der Waals surface area contributed by atoms with Crippen LogP contribution in [0.3, 0.4) is 0 Å². The van der Waals surface area contributed by atoms with E-state index < -0.39 is 11.9 Å². The Hall–Kier alpha value is -3.28. The van der Waals surface area contributed by atoms with Crippen molar-refractivity contribution >= 4 is 11.9 Å². The van der Waals surface area contributed by atoms with Crippen molar-refractivity contribution in [3.8, 4) is 23.0 Å². The van der Waals surface area contributed by atoms with Crippen LogP contribution in [0, 0.1) is 0 Å². The minimum atomic E-state index is -0.851. The number of carbonyl (C=O) groups excluding carboxylic acids is 2. The van der Waals surface area contributed by atoms with E-state index in [1.807, 2.05) is 0 Å². The highest BCUT2D eigenvalue weighted by atomic mass is 16.5. The predicted molar refractivity (Wildman–Crippen MR) is 76.6 cm³/mol. The summed E-state index contributed by atoms with van der Waals surface area (Å²) in [6, 6.07) is 11.8. The molecule has 0 fully saturated rings. The number of phenols is 2. The highest BCUT2D eigenvalue weighted by Gasteiger charge is 2.08. The van der Waals surface area contributed by atoms with Crippen LogP contribution in [0.15, 0.2) is 60.7 Å². The molecule has 22 heavy (non-hydrogen) atoms. The summed E-state index contributed by atoms with van der Waals surface area (Å²) >= 11 is 0. The SMILES string of the molecule is O=C(/C=C/C(=O)Oc1ccccc1O)Oc1ccccc1O. The summed E-state index contributed by atoms with van der Waals surface area (Å²) in [6.07, 6.45) is 1.71. The molecule has 0 unspecified atom stereocenters. The van der Waals surface area contributed by atoms with Gasteiger partial charge in [0.2, 0.25) is 0 Å². The largest absolute Gasteiger partial charge is 0.504 e. The van der Waals surface area contributed by atoms with Crippen LogP contribution in [0.2, 0.25) is 0 Å². The number of aromatic hydroxyl groups is 2. The maximum absolute atomic E-state index is 11.5. The summed E-state index contributed by atoms with van der Waals surface area (Å²) in [5.41, 5.74) is 0. The number of para-hydroxylation sites is 4. The minimum absolute atomic E-state index is 0.0220. The molecule has 0 radical (unpaired) electrons. The Labute approximate surface area is 125 Å². The lowest BCUT2D eigenvalue weighted by molar-refractivity contribution is -0.131. The summed E-state index contributed by atoms with van der Waals surface area (Å²) in [5, 5.41) is 18.9. The molecule has 2 rings (SSSR count). The average molecular weight is 300 g/mol. The molecule has 0 aliphatic rings. The van der Waals surface area contributed by atoms with Gasteiger partial charge in [-0.1, -0.05) is 24.3 Å². The lowest BCUT2D eigenvalue weighted by Crippen LogP contribution is -2.08. The topological polar surface area (TPSA) is 93.1 Å². The summed E-state index contributed by atoms with van der Waals surface area (Å²) in [5.74, 6) is -2.13. The molecule has 0 spiro atoms. The maximum Gasteiger partial charge on any atom is 0.336 e. The van der Waals surface area contributed by atoms with E-state index in [0.29, 0.717) is 0 Å². The molecule has 0 saturated heterocycles. The summed E-state index contributed by atoms with van der Waals surface area (Å²) < 4.78 is 9.67. The fourth-order valence-corrected chi connectivity index (χ4v) is 1.51. The minimum Gasteiger partial charge on any atom is -0.504 e. The van der Waals surface area contributed by atoms with E-state index in [2.05, 4.69) is 0 Å². The number of hydrogen-bond acceptors (Lipinski definition) is 6. The third kappa shape index (κ3) is 4.11. The second-order valence-corrected chi connectivity index (χ2v) is 4.11. The van der Waals surface area contributed by atoms with E-state index >= 15 is 0 Å². The number of rotatable bonds is 4. The van der Waals surface area contributed by atoms with Crippen molar-refractivity contribution in [1.82, 2.24) is 0 Å². The Morgan fingerprint density at radius 1 is 0.727 bits per heavy atom. The molecule has 112 valence electrons. The Balaban J connectivity index is 1.94. The number of esters is 2. The average Bonchev–Trinajstić information content (AvgIpc) is 2.50. The van der Waals surface area contributed by atoms with E-state index in [9.17, 15) is 19.8 Å². The zero-order valence-corrected chi connectivity index (χ0v) is 11.3. The maximum atomic E-state index is 11.5. The Morgan fingerprint density at radius 3 is 1.45 bits per heavy atom. The summed E-state index contributed by atoms with van der Waals surface area (Å²) in [6.45, 7) is 0. The van der Waals surface area contributed by atoms with Crippen LogP contribution in [0.1, 0.15) is 0 Å². The van der Waals surface area contributed by atoms with Gasteiger partial charge in [0.05, 0.1) is 0 Å². The standard InChI is InChI=1S/C16H12O6/c17-11-5-1-3-7-13(11)21-15(19)9-10-16(20)22-14-8-4-2-6-12(14)18/h1-10,17-18H/b10-9+. The van der Waals surface area contributed by atoms with E-state index in [-0.39, 0.29) is 23.0 Å². The van der Waals surface area contributed by atoms with E-state index in [1.54, 1.807) is 24.3 Å². The molecule has 0 heterocycles. The van der Waals surface area contributed by atoms with Crippen molar-refractivity contribution < 1.29 is 29.3 Å². The second kappa shape index (κ2) is 6.94. The molecular formula is C16H12O6. The molecule has 2 N–H and O–H groups in total. The van der Waals surface area contributed by atoms with Crippen molar-refractivity contribution in [1.29, 1.82) is 0 Å². The number of benzene rings is 2. The molecule has 0 saturated carbocycles. The van der Waals surface area contributed by atoms with Crippen molar-refractivity contribution in [2.45, 2.75) is 0 Å². The van der Waals surface area contributed by atoms with Crippen LogP contribution < -0.4 is 9.47 Å². The summed E-state index contributed by atoms with van der Waals surface area (Å²) in [7, 11) is 0. The van der Waals surface area contributed by atoms with Crippen molar-refractivity contribution in [2.75, 3.05) is 0 Å². The number of carbonyl (C=O) groups is 2. The first-order valence-corrected chi connectivity index (χ1v) is 6.24. The lowest BCUT2D eigenvalue weighted by Gasteiger charge is -2.04. The Bertz CT molecular complexity index is 659. The molecule has 0 aliphatic heterocycles. The van der Waals surface area contributed by atoms with Gasteiger partial charge in [0.15, 0.2) is 23.0 Å². The van der Waals surface area contributed by atoms with Crippen molar-refractivity contribution in [2.24, 2.45) is 0 Å². The monoisotopic (exact) mass is 300 g/mol. The van der Waals surface area contributed by atoms with Gasteiger partial charge in [-0.15, -0.1) is 0 Å². The van der Waals surface area contributed by atoms with E-state index in [4.69, 9.17) is 9.47 Å². The first kappa shape index (κ1) is 15.1. The molecular weight excluding hydrogens is 288 g/mol. The van der Waals surface area contributed by atoms with Crippen molar-refractivity contribution in [3.63, 3.8) is 0 Å². The van der Waals surface area contributed by atoms with E-state index in [1.165, 1.54) is 24.3 Å². The van der Waals surface area contributed by atoms with Crippen LogP contribution in [0.25, 0.3) is 0 Å². The third-order valence-electron chi connectivity index (χ3n) is 2.51. The Kier molecular flexibility index (Phi) is 4.77. The van der Waals surface area contributed by atoms with Crippen LogP contribution in [-0.4, -0.2) is 22.2 Å². The fraction of sp³-hybridized carbons (Fsp3) is 0. The quantitative estimate of drug-likeness (QED) is 0.510. The van der Waals surface area contributed by atoms with Crippen molar-refractivity contribution in [3.05, 3.63) is 60.7 Å². The zero-order valence-electron chi connectivity index (χ0n) is 11.3. The van der Waals surface area contributed by atoms with Gasteiger partial charge in [0.1, 0.15) is 0 Å². The second-order valence-electron chi connectivity index (χ2n) is 4.11. The molecule has 2 aromatic rings. The van der Waals surface area contributed by atoms with Crippen LogP contribution in [-0.2, 0) is 9.59 Å². The highest BCUT2D eigenvalue weighted by Crippen LogP contribution is 2.25. The normalized spacial score (nSPS) is 10.4. The molecule has 6 nitrogen and oxygen atoms in total. The van der Waals surface area contributed by atoms with Crippen LogP contribution in [0.5, 0.6) is 23.0 Å². The first-order chi connectivity index (χ1) is 10.6. The van der Waals surface area contributed by atoms with Gasteiger partial charge in [0.25, 0.3) is 0 Å². The first-order valence-electron chi connectivity index (χ1n) is 6.24. The lowest BCUT2D eigenvalue weighted by atomic mass is 10.3. The molecule has 0 atom stereocenters. The van der Waals surface area contributed by atoms with Gasteiger partial charge in [0, 0.05) is 12.2 Å².